The summed E-state index contributed by atoms with van der Waals surface area (Å²) in [4.78, 5) is 22.1. The van der Waals surface area contributed by atoms with Crippen LogP contribution in [0.25, 0.3) is 0 Å². The van der Waals surface area contributed by atoms with Gasteiger partial charge in [-0.15, -0.1) is 0 Å². The smallest absolute Gasteiger partial charge is 0.396 e. The summed E-state index contributed by atoms with van der Waals surface area (Å²) in [6.45, 7) is 3.93. The lowest BCUT2D eigenvalue weighted by Gasteiger charge is -2.03. The molecule has 0 bridgehead atoms. The molecule has 1 amide bonds. The molecule has 0 spiro atoms. The monoisotopic (exact) mass is 211 g/mol. The van der Waals surface area contributed by atoms with Gasteiger partial charge in [0.1, 0.15) is 0 Å². The van der Waals surface area contributed by atoms with Crippen molar-refractivity contribution in [3.05, 3.63) is 17.5 Å². The van der Waals surface area contributed by atoms with Gasteiger partial charge in [-0.2, -0.15) is 5.10 Å². The molecule has 6 heteroatoms. The third kappa shape index (κ3) is 3.08. The fourth-order valence-corrected chi connectivity index (χ4v) is 0.998. The van der Waals surface area contributed by atoms with E-state index in [-0.39, 0.29) is 13.2 Å². The third-order valence-corrected chi connectivity index (χ3v) is 1.83. The summed E-state index contributed by atoms with van der Waals surface area (Å²) >= 11 is 0. The Kier molecular flexibility index (Phi) is 3.84. The van der Waals surface area contributed by atoms with Crippen LogP contribution in [0, 0.1) is 6.92 Å². The highest BCUT2D eigenvalue weighted by Crippen LogP contribution is 2.00. The van der Waals surface area contributed by atoms with E-state index in [0.717, 1.165) is 11.3 Å². The number of carbonyl (C=O) groups is 2. The molecule has 15 heavy (non-hydrogen) atoms. The molecule has 0 aliphatic rings. The standard InChI is InChI=1S/C9H13N3O3/c1-3-15-9(14)8(13)10-4-7-5-11-12-6(7)2/h5H,3-4H2,1-2H3,(H,10,13)(H,11,12). The molecular formula is C9H13N3O3. The van der Waals surface area contributed by atoms with Crippen molar-refractivity contribution >= 4 is 11.9 Å². The first-order valence-corrected chi connectivity index (χ1v) is 4.59. The number of nitrogens with one attached hydrogen (secondary N) is 2. The molecule has 1 rings (SSSR count). The fraction of sp³-hybridized carbons (Fsp3) is 0.444. The Balaban J connectivity index is 2.41. The van der Waals surface area contributed by atoms with Crippen molar-refractivity contribution in [1.29, 1.82) is 0 Å². The van der Waals surface area contributed by atoms with Crippen molar-refractivity contribution < 1.29 is 14.3 Å². The Morgan fingerprint density at radius 1 is 1.60 bits per heavy atom. The van der Waals surface area contributed by atoms with Crippen LogP contribution in [-0.4, -0.2) is 28.7 Å². The Labute approximate surface area is 87.0 Å². The van der Waals surface area contributed by atoms with E-state index in [0.29, 0.717) is 0 Å². The number of carbonyl (C=O) groups excluding carboxylic acids is 2. The molecule has 6 nitrogen and oxygen atoms in total. The second kappa shape index (κ2) is 5.14. The molecule has 0 unspecified atom stereocenters. The number of amides is 1. The lowest BCUT2D eigenvalue weighted by atomic mass is 10.2. The molecule has 1 aromatic rings. The van der Waals surface area contributed by atoms with E-state index in [2.05, 4.69) is 20.3 Å². The minimum absolute atomic E-state index is 0.191. The first-order chi connectivity index (χ1) is 7.15. The van der Waals surface area contributed by atoms with E-state index in [9.17, 15) is 9.59 Å². The number of H-pyrrole nitrogens is 1. The van der Waals surface area contributed by atoms with Crippen LogP contribution in [0.15, 0.2) is 6.20 Å². The summed E-state index contributed by atoms with van der Waals surface area (Å²) in [6.07, 6.45) is 1.60. The lowest BCUT2D eigenvalue weighted by Crippen LogP contribution is -2.32. The van der Waals surface area contributed by atoms with Crippen molar-refractivity contribution in [1.82, 2.24) is 15.5 Å². The third-order valence-electron chi connectivity index (χ3n) is 1.83. The number of aromatic nitrogens is 2. The maximum absolute atomic E-state index is 11.1. The Bertz CT molecular complexity index is 359. The largest absolute Gasteiger partial charge is 0.459 e. The Hall–Kier alpha value is -1.85. The van der Waals surface area contributed by atoms with Gasteiger partial charge in [0.2, 0.25) is 0 Å². The number of rotatable bonds is 3. The summed E-state index contributed by atoms with van der Waals surface area (Å²) in [7, 11) is 0. The van der Waals surface area contributed by atoms with Crippen LogP contribution in [0.2, 0.25) is 0 Å². The molecule has 0 aliphatic heterocycles. The minimum atomic E-state index is -0.862. The molecular weight excluding hydrogens is 198 g/mol. The van der Waals surface area contributed by atoms with Gasteiger partial charge in [-0.05, 0) is 13.8 Å². The average Bonchev–Trinajstić information content (AvgIpc) is 2.61. The highest BCUT2D eigenvalue weighted by atomic mass is 16.5. The Morgan fingerprint density at radius 2 is 2.33 bits per heavy atom. The van der Waals surface area contributed by atoms with Crippen LogP contribution in [0.1, 0.15) is 18.2 Å². The molecule has 0 aliphatic carbocycles. The molecule has 0 aromatic carbocycles. The van der Waals surface area contributed by atoms with Gasteiger partial charge in [-0.25, -0.2) is 4.79 Å². The van der Waals surface area contributed by atoms with Crippen LogP contribution < -0.4 is 5.32 Å². The number of aryl methyl sites for hydroxylation is 1. The second-order valence-electron chi connectivity index (χ2n) is 2.92. The molecule has 0 radical (unpaired) electrons. The second-order valence-corrected chi connectivity index (χ2v) is 2.92. The number of esters is 1. The molecule has 0 saturated heterocycles. The first-order valence-electron chi connectivity index (χ1n) is 4.59. The maximum atomic E-state index is 11.1. The van der Waals surface area contributed by atoms with Crippen molar-refractivity contribution in [3.63, 3.8) is 0 Å². The van der Waals surface area contributed by atoms with Crippen LogP contribution in [0.5, 0.6) is 0 Å². The summed E-state index contributed by atoms with van der Waals surface area (Å²) in [6, 6.07) is 0. The van der Waals surface area contributed by atoms with Gasteiger partial charge in [0.25, 0.3) is 0 Å². The number of hydrogen-bond donors (Lipinski definition) is 2. The zero-order valence-electron chi connectivity index (χ0n) is 8.66. The molecule has 82 valence electrons. The summed E-state index contributed by atoms with van der Waals surface area (Å²) < 4.78 is 4.53. The van der Waals surface area contributed by atoms with E-state index in [4.69, 9.17) is 0 Å². The molecule has 1 aromatic heterocycles. The first kappa shape index (κ1) is 11.2. The summed E-state index contributed by atoms with van der Waals surface area (Å²) in [5.74, 6) is -1.60. The van der Waals surface area contributed by atoms with E-state index < -0.39 is 11.9 Å². The fourth-order valence-electron chi connectivity index (χ4n) is 0.998. The van der Waals surface area contributed by atoms with Crippen LogP contribution >= 0.6 is 0 Å². The number of ether oxygens (including phenoxy) is 1. The van der Waals surface area contributed by atoms with Crippen molar-refractivity contribution in [3.8, 4) is 0 Å². The number of aromatic amines is 1. The highest BCUT2D eigenvalue weighted by molar-refractivity contribution is 6.32. The molecule has 0 atom stereocenters. The van der Waals surface area contributed by atoms with Crippen molar-refractivity contribution in [2.24, 2.45) is 0 Å². The molecule has 0 fully saturated rings. The SMILES string of the molecule is CCOC(=O)C(=O)NCc1cn[nH]c1C. The Morgan fingerprint density at radius 3 is 2.87 bits per heavy atom. The van der Waals surface area contributed by atoms with Gasteiger partial charge in [0.05, 0.1) is 12.8 Å². The van der Waals surface area contributed by atoms with E-state index in [1.165, 1.54) is 0 Å². The number of nitrogens with zero attached hydrogens (tertiary/aromatic N) is 1. The predicted octanol–water partition coefficient (Wildman–Crippen LogP) is -0.103. The molecule has 0 saturated carbocycles. The highest BCUT2D eigenvalue weighted by Gasteiger charge is 2.14. The zero-order valence-corrected chi connectivity index (χ0v) is 8.66. The van der Waals surface area contributed by atoms with Gasteiger partial charge < -0.3 is 10.1 Å². The lowest BCUT2D eigenvalue weighted by molar-refractivity contribution is -0.154. The van der Waals surface area contributed by atoms with Gasteiger partial charge in [-0.3, -0.25) is 9.89 Å². The van der Waals surface area contributed by atoms with Crippen molar-refractivity contribution in [2.75, 3.05) is 6.61 Å². The normalized spacial score (nSPS) is 9.73. The van der Waals surface area contributed by atoms with E-state index in [1.54, 1.807) is 13.1 Å². The van der Waals surface area contributed by atoms with Gasteiger partial charge in [0.15, 0.2) is 0 Å². The average molecular weight is 211 g/mol. The molecule has 1 heterocycles. The van der Waals surface area contributed by atoms with E-state index in [1.807, 2.05) is 6.92 Å². The van der Waals surface area contributed by atoms with Crippen LogP contribution in [-0.2, 0) is 20.9 Å². The summed E-state index contributed by atoms with van der Waals surface area (Å²) in [5, 5.41) is 8.95. The molecule has 2 N–H and O–H groups in total. The van der Waals surface area contributed by atoms with Crippen molar-refractivity contribution in [2.45, 2.75) is 20.4 Å². The van der Waals surface area contributed by atoms with Gasteiger partial charge >= 0.3 is 11.9 Å². The maximum Gasteiger partial charge on any atom is 0.396 e. The minimum Gasteiger partial charge on any atom is -0.459 e. The predicted molar refractivity (Wildman–Crippen MR) is 51.8 cm³/mol. The van der Waals surface area contributed by atoms with Gasteiger partial charge in [-0.1, -0.05) is 0 Å². The zero-order chi connectivity index (χ0) is 11.3. The summed E-state index contributed by atoms with van der Waals surface area (Å²) in [5.41, 5.74) is 1.70. The quantitative estimate of drug-likeness (QED) is 0.540. The van der Waals surface area contributed by atoms with Crippen LogP contribution in [0.4, 0.5) is 0 Å². The van der Waals surface area contributed by atoms with E-state index >= 15 is 0 Å². The number of hydrogen-bond acceptors (Lipinski definition) is 4. The topological polar surface area (TPSA) is 84.1 Å². The van der Waals surface area contributed by atoms with Gasteiger partial charge in [0, 0.05) is 17.8 Å². The van der Waals surface area contributed by atoms with Crippen LogP contribution in [0.3, 0.4) is 0 Å².